The quantitative estimate of drug-likeness (QED) is 0.290. The fourth-order valence-electron chi connectivity index (χ4n) is 2.99. The molecule has 5 atom stereocenters. The molecule has 0 saturated carbocycles. The topological polar surface area (TPSA) is 151 Å². The van der Waals surface area contributed by atoms with Crippen LogP contribution in [0.1, 0.15) is 68.2 Å². The molecule has 5 unspecified atom stereocenters. The Labute approximate surface area is 186 Å². The van der Waals surface area contributed by atoms with Crippen LogP contribution in [0.2, 0.25) is 0 Å². The third kappa shape index (κ3) is 9.67. The Morgan fingerprint density at radius 3 is 1.68 bits per heavy atom. The van der Waals surface area contributed by atoms with Crippen molar-refractivity contribution in [2.24, 2.45) is 29.4 Å². The minimum Gasteiger partial charge on any atom is -0.480 e. The normalized spacial score (nSPS) is 16.4. The van der Waals surface area contributed by atoms with E-state index in [1.807, 2.05) is 34.6 Å². The summed E-state index contributed by atoms with van der Waals surface area (Å²) in [5, 5.41) is 17.4. The van der Waals surface area contributed by atoms with Crippen molar-refractivity contribution in [3.63, 3.8) is 0 Å². The van der Waals surface area contributed by atoms with Crippen molar-refractivity contribution in [2.75, 3.05) is 0 Å². The Morgan fingerprint density at radius 1 is 0.774 bits per heavy atom. The number of carboxylic acids is 1. The molecule has 0 rings (SSSR count). The first-order valence-electron chi connectivity index (χ1n) is 11.1. The number of amides is 3. The predicted molar refractivity (Wildman–Crippen MR) is 120 cm³/mol. The molecule has 180 valence electrons. The van der Waals surface area contributed by atoms with Crippen LogP contribution in [0.4, 0.5) is 0 Å². The molecule has 0 aliphatic heterocycles. The van der Waals surface area contributed by atoms with Gasteiger partial charge in [0, 0.05) is 0 Å². The highest BCUT2D eigenvalue weighted by Crippen LogP contribution is 2.12. The molecule has 9 heteroatoms. The molecule has 0 aromatic heterocycles. The van der Waals surface area contributed by atoms with Crippen LogP contribution in [0.25, 0.3) is 0 Å². The van der Waals surface area contributed by atoms with E-state index < -0.39 is 47.9 Å². The zero-order valence-corrected chi connectivity index (χ0v) is 20.2. The highest BCUT2D eigenvalue weighted by molar-refractivity contribution is 5.94. The van der Waals surface area contributed by atoms with Gasteiger partial charge in [-0.15, -0.1) is 0 Å². The molecule has 0 radical (unpaired) electrons. The average Bonchev–Trinajstić information content (AvgIpc) is 2.66. The van der Waals surface area contributed by atoms with Crippen LogP contribution in [0.3, 0.4) is 0 Å². The van der Waals surface area contributed by atoms with Gasteiger partial charge in [-0.3, -0.25) is 14.4 Å². The molecule has 0 aliphatic rings. The number of carboxylic acid groups (broad SMARTS) is 1. The second-order valence-electron chi connectivity index (χ2n) is 9.40. The standard InChI is InChI=1S/C22H42N4O5/c1-9-14(8)18(22(30)31)26-19(27)15(10-11(2)3)24-21(29)17(13(6)7)25-20(28)16(23)12(4)5/h11-18H,9-10,23H2,1-8H3,(H,24,29)(H,25,28)(H,26,27)(H,30,31). The summed E-state index contributed by atoms with van der Waals surface area (Å²) in [6.07, 6.45) is 0.907. The van der Waals surface area contributed by atoms with Crippen molar-refractivity contribution in [3.05, 3.63) is 0 Å². The fourth-order valence-corrected chi connectivity index (χ4v) is 2.99. The van der Waals surface area contributed by atoms with E-state index in [0.717, 1.165) is 0 Å². The summed E-state index contributed by atoms with van der Waals surface area (Å²) in [4.78, 5) is 49.8. The van der Waals surface area contributed by atoms with Crippen molar-refractivity contribution in [1.29, 1.82) is 0 Å². The van der Waals surface area contributed by atoms with Gasteiger partial charge in [-0.05, 0) is 30.1 Å². The number of hydrogen-bond donors (Lipinski definition) is 5. The Kier molecular flexibility index (Phi) is 12.4. The van der Waals surface area contributed by atoms with E-state index in [2.05, 4.69) is 16.0 Å². The highest BCUT2D eigenvalue weighted by Gasteiger charge is 2.33. The van der Waals surface area contributed by atoms with Crippen molar-refractivity contribution in [3.8, 4) is 0 Å². The molecule has 0 aromatic carbocycles. The second kappa shape index (κ2) is 13.3. The third-order valence-corrected chi connectivity index (χ3v) is 5.38. The third-order valence-electron chi connectivity index (χ3n) is 5.38. The van der Waals surface area contributed by atoms with E-state index in [4.69, 9.17) is 5.73 Å². The van der Waals surface area contributed by atoms with Gasteiger partial charge in [-0.25, -0.2) is 4.79 Å². The van der Waals surface area contributed by atoms with E-state index in [-0.39, 0.29) is 23.7 Å². The zero-order chi connectivity index (χ0) is 24.5. The first-order valence-corrected chi connectivity index (χ1v) is 11.1. The van der Waals surface area contributed by atoms with Gasteiger partial charge in [0.25, 0.3) is 0 Å². The highest BCUT2D eigenvalue weighted by atomic mass is 16.4. The second-order valence-corrected chi connectivity index (χ2v) is 9.40. The van der Waals surface area contributed by atoms with E-state index >= 15 is 0 Å². The number of aliphatic carboxylic acids is 1. The van der Waals surface area contributed by atoms with Crippen LogP contribution in [-0.2, 0) is 19.2 Å². The number of hydrogen-bond acceptors (Lipinski definition) is 5. The lowest BCUT2D eigenvalue weighted by molar-refractivity contribution is -0.144. The molecular weight excluding hydrogens is 400 g/mol. The van der Waals surface area contributed by atoms with E-state index in [9.17, 15) is 24.3 Å². The summed E-state index contributed by atoms with van der Waals surface area (Å²) < 4.78 is 0. The molecule has 0 bridgehead atoms. The SMILES string of the molecule is CCC(C)C(NC(=O)C(CC(C)C)NC(=O)C(NC(=O)C(N)C(C)C)C(C)C)C(=O)O. The Hall–Kier alpha value is -2.16. The van der Waals surface area contributed by atoms with Gasteiger partial charge in [-0.1, -0.05) is 61.8 Å². The van der Waals surface area contributed by atoms with Gasteiger partial charge in [0.15, 0.2) is 0 Å². The van der Waals surface area contributed by atoms with Crippen molar-refractivity contribution < 1.29 is 24.3 Å². The number of nitrogens with one attached hydrogen (secondary N) is 3. The van der Waals surface area contributed by atoms with Crippen LogP contribution in [0.5, 0.6) is 0 Å². The number of carbonyl (C=O) groups is 4. The molecule has 0 saturated heterocycles. The van der Waals surface area contributed by atoms with Crippen LogP contribution in [0.15, 0.2) is 0 Å². The monoisotopic (exact) mass is 442 g/mol. The zero-order valence-electron chi connectivity index (χ0n) is 20.2. The summed E-state index contributed by atoms with van der Waals surface area (Å²) in [6, 6.07) is -3.59. The maximum absolute atomic E-state index is 13.0. The Morgan fingerprint density at radius 2 is 1.29 bits per heavy atom. The van der Waals surface area contributed by atoms with E-state index in [1.165, 1.54) is 0 Å². The molecule has 31 heavy (non-hydrogen) atoms. The largest absolute Gasteiger partial charge is 0.480 e. The van der Waals surface area contributed by atoms with E-state index in [1.54, 1.807) is 20.8 Å². The molecule has 6 N–H and O–H groups in total. The minimum atomic E-state index is -1.12. The number of carbonyl (C=O) groups excluding carboxylic acids is 3. The molecule has 3 amide bonds. The van der Waals surface area contributed by atoms with Gasteiger partial charge in [0.1, 0.15) is 18.1 Å². The molecule has 0 fully saturated rings. The van der Waals surface area contributed by atoms with Gasteiger partial charge in [0.05, 0.1) is 6.04 Å². The van der Waals surface area contributed by atoms with Crippen LogP contribution in [0, 0.1) is 23.7 Å². The van der Waals surface area contributed by atoms with Crippen molar-refractivity contribution in [2.45, 2.75) is 92.4 Å². The molecule has 0 aromatic rings. The smallest absolute Gasteiger partial charge is 0.326 e. The van der Waals surface area contributed by atoms with E-state index in [0.29, 0.717) is 12.8 Å². The van der Waals surface area contributed by atoms with Crippen LogP contribution in [-0.4, -0.2) is 53.0 Å². The van der Waals surface area contributed by atoms with Crippen molar-refractivity contribution in [1.82, 2.24) is 16.0 Å². The lowest BCUT2D eigenvalue weighted by Gasteiger charge is -2.28. The molecule has 9 nitrogen and oxygen atoms in total. The Bertz CT molecular complexity index is 621. The summed E-state index contributed by atoms with van der Waals surface area (Å²) in [6.45, 7) is 14.6. The molecule has 0 aliphatic carbocycles. The summed E-state index contributed by atoms with van der Waals surface area (Å²) in [5.74, 6) is -3.13. The average molecular weight is 443 g/mol. The maximum Gasteiger partial charge on any atom is 0.326 e. The first-order chi connectivity index (χ1) is 14.2. The summed E-state index contributed by atoms with van der Waals surface area (Å²) >= 11 is 0. The first kappa shape index (κ1) is 28.8. The van der Waals surface area contributed by atoms with Gasteiger partial charge < -0.3 is 26.8 Å². The Balaban J connectivity index is 5.50. The molecule has 0 heterocycles. The summed E-state index contributed by atoms with van der Waals surface area (Å²) in [5.41, 5.74) is 5.89. The number of nitrogens with two attached hydrogens (primary N) is 1. The van der Waals surface area contributed by atoms with Crippen LogP contribution >= 0.6 is 0 Å². The van der Waals surface area contributed by atoms with Gasteiger partial charge >= 0.3 is 5.97 Å². The van der Waals surface area contributed by atoms with Crippen LogP contribution < -0.4 is 21.7 Å². The maximum atomic E-state index is 13.0. The molecule has 0 spiro atoms. The van der Waals surface area contributed by atoms with Gasteiger partial charge in [-0.2, -0.15) is 0 Å². The lowest BCUT2D eigenvalue weighted by atomic mass is 9.96. The summed E-state index contributed by atoms with van der Waals surface area (Å²) in [7, 11) is 0. The van der Waals surface area contributed by atoms with Gasteiger partial charge in [0.2, 0.25) is 17.7 Å². The lowest BCUT2D eigenvalue weighted by Crippen LogP contribution is -2.59. The molecular formula is C22H42N4O5. The number of rotatable bonds is 13. The van der Waals surface area contributed by atoms with Crippen molar-refractivity contribution >= 4 is 23.7 Å². The minimum absolute atomic E-state index is 0.0735. The predicted octanol–water partition coefficient (Wildman–Crippen LogP) is 1.26. The fraction of sp³-hybridized carbons (Fsp3) is 0.818.